The number of anilines is 4. The lowest BCUT2D eigenvalue weighted by atomic mass is 9.73. The quantitative estimate of drug-likeness (QED) is 0.0659. The molecule has 0 aliphatic carbocycles. The summed E-state index contributed by atoms with van der Waals surface area (Å²) in [6.45, 7) is 4.28. The lowest BCUT2D eigenvalue weighted by molar-refractivity contribution is -0.288. The van der Waals surface area contributed by atoms with Crippen molar-refractivity contribution < 1.29 is 83.6 Å². The number of carbonyl (C=O) groups excluding carboxylic acids is 8. The number of alkyl halides is 6. The van der Waals surface area contributed by atoms with Crippen LogP contribution >= 0.6 is 0 Å². The SMILES string of the molecule is CC(C)(c1ccc(Oc2ccc(N3C(=O)C=CC3=O)cc2)cc1)c1ccc(Oc2ccc(N3C(=O)C=CC3=O)cc2)cc1.O=C1C=CC(=O)N1c1ccc(Oc2ccc(C(c3ccc(Oc4ccc(N5C(=O)C=CC5=O)cc4)cc3)(C(F)(F)F)C(F)(F)F)cc2)cc1. The number of rotatable bonds is 16. The molecule has 0 radical (unpaired) electrons. The highest BCUT2D eigenvalue weighted by Gasteiger charge is 2.72. The maximum absolute atomic E-state index is 14.7. The number of nitrogens with zero attached hydrogens (tertiary/aromatic N) is 4. The van der Waals surface area contributed by atoms with Gasteiger partial charge in [-0.15, -0.1) is 0 Å². The summed E-state index contributed by atoms with van der Waals surface area (Å²) in [4.78, 5) is 99.1. The number of halogens is 6. The van der Waals surface area contributed by atoms with Crippen LogP contribution in [0, 0.1) is 0 Å². The van der Waals surface area contributed by atoms with Crippen molar-refractivity contribution >= 4 is 70.0 Å². The van der Waals surface area contributed by atoms with E-state index in [-0.39, 0.29) is 63.4 Å². The smallest absolute Gasteiger partial charge is 0.411 e. The third kappa shape index (κ3) is 12.3. The Bertz CT molecular complexity index is 4000. The van der Waals surface area contributed by atoms with E-state index in [0.717, 1.165) is 79.3 Å². The zero-order valence-corrected chi connectivity index (χ0v) is 48.0. The molecule has 0 saturated heterocycles. The second-order valence-corrected chi connectivity index (χ2v) is 21.2. The van der Waals surface area contributed by atoms with Crippen molar-refractivity contribution in [2.75, 3.05) is 19.6 Å². The van der Waals surface area contributed by atoms with Gasteiger partial charge in [0.2, 0.25) is 5.41 Å². The minimum Gasteiger partial charge on any atom is -0.457 e. The number of imide groups is 4. The van der Waals surface area contributed by atoms with E-state index in [9.17, 15) is 64.7 Å². The summed E-state index contributed by atoms with van der Waals surface area (Å²) in [5.41, 5.74) is -3.30. The lowest BCUT2D eigenvalue weighted by Gasteiger charge is -2.38. The largest absolute Gasteiger partial charge is 0.457 e. The molecule has 16 nitrogen and oxygen atoms in total. The molecule has 0 N–H and O–H groups in total. The van der Waals surface area contributed by atoms with E-state index in [1.165, 1.54) is 72.8 Å². The first-order valence-corrected chi connectivity index (χ1v) is 27.8. The van der Waals surface area contributed by atoms with Crippen LogP contribution < -0.4 is 38.5 Å². The van der Waals surface area contributed by atoms with Crippen LogP contribution in [0.5, 0.6) is 46.0 Å². The van der Waals surface area contributed by atoms with Crippen molar-refractivity contribution in [1.29, 1.82) is 0 Å². The Morgan fingerprint density at radius 2 is 0.391 bits per heavy atom. The van der Waals surface area contributed by atoms with Crippen molar-refractivity contribution in [1.82, 2.24) is 0 Å². The third-order valence-corrected chi connectivity index (χ3v) is 15.1. The van der Waals surface area contributed by atoms with Crippen molar-refractivity contribution in [3.05, 3.63) is 265 Å². The van der Waals surface area contributed by atoms with Gasteiger partial charge in [0.15, 0.2) is 0 Å². The van der Waals surface area contributed by atoms with Gasteiger partial charge < -0.3 is 18.9 Å². The van der Waals surface area contributed by atoms with Gasteiger partial charge in [-0.25, -0.2) is 19.6 Å². The number of hydrogen-bond donors (Lipinski definition) is 0. The Balaban J connectivity index is 0.000000190. The standard InChI is InChI=1S/C35H20F6N2O6.C35H26N2O6/c36-34(37,38)33(35(39,40)41,21-1-9-25(10-2-21)48-27-13-5-23(6-14-27)42-29(44)17-18-30(42)45)22-3-11-26(12-4-22)49-28-15-7-24(8-16-28)43-31(46)19-20-32(43)47;1-35(2,23-3-11-27(12-4-23)42-29-15-7-25(8-16-29)36-31(38)19-20-32(36)39)24-5-13-28(14-6-24)43-30-17-9-26(10-18-30)37-33(40)21-22-34(37)41/h1-20H;3-22H,1-2H3. The predicted molar refractivity (Wildman–Crippen MR) is 323 cm³/mol. The Labute approximate surface area is 519 Å². The fourth-order valence-electron chi connectivity index (χ4n) is 10.4. The van der Waals surface area contributed by atoms with E-state index in [1.54, 1.807) is 48.5 Å². The molecular formula is C70H46F6N4O12. The Morgan fingerprint density at radius 3 is 0.554 bits per heavy atom. The van der Waals surface area contributed by atoms with Crippen LogP contribution in [-0.2, 0) is 49.2 Å². The van der Waals surface area contributed by atoms with E-state index in [1.807, 2.05) is 48.5 Å². The molecule has 0 unspecified atom stereocenters. The first-order chi connectivity index (χ1) is 43.9. The van der Waals surface area contributed by atoms with Gasteiger partial charge in [-0.2, -0.15) is 26.3 Å². The van der Waals surface area contributed by atoms with Gasteiger partial charge in [0, 0.05) is 54.0 Å². The minimum atomic E-state index is -5.83. The summed E-state index contributed by atoms with van der Waals surface area (Å²) in [6.07, 6.45) is -2.26. The van der Waals surface area contributed by atoms with E-state index < -0.39 is 52.5 Å². The molecule has 0 bridgehead atoms. The van der Waals surface area contributed by atoms with Crippen LogP contribution in [0.3, 0.4) is 0 Å². The van der Waals surface area contributed by atoms with Crippen LogP contribution in [0.2, 0.25) is 0 Å². The van der Waals surface area contributed by atoms with Gasteiger partial charge in [-0.3, -0.25) is 38.4 Å². The fourth-order valence-corrected chi connectivity index (χ4v) is 10.4. The van der Waals surface area contributed by atoms with Gasteiger partial charge >= 0.3 is 12.4 Å². The van der Waals surface area contributed by atoms with Crippen LogP contribution in [0.15, 0.2) is 243 Å². The van der Waals surface area contributed by atoms with Crippen LogP contribution in [-0.4, -0.2) is 59.6 Å². The highest BCUT2D eigenvalue weighted by Crippen LogP contribution is 2.57. The highest BCUT2D eigenvalue weighted by molar-refractivity contribution is 6.30. The summed E-state index contributed by atoms with van der Waals surface area (Å²) < 4.78 is 111. The van der Waals surface area contributed by atoms with Crippen LogP contribution in [0.25, 0.3) is 0 Å². The monoisotopic (exact) mass is 1250 g/mol. The molecule has 12 rings (SSSR count). The van der Waals surface area contributed by atoms with Gasteiger partial charge in [-0.05, 0) is 168 Å². The molecule has 4 aliphatic rings. The fraction of sp³-hybridized carbons (Fsp3) is 0.0857. The molecule has 0 aromatic heterocycles. The molecule has 0 saturated carbocycles. The zero-order chi connectivity index (χ0) is 65.3. The van der Waals surface area contributed by atoms with Gasteiger partial charge in [-0.1, -0.05) is 62.4 Å². The summed E-state index contributed by atoms with van der Waals surface area (Å²) in [6, 6.07) is 46.9. The molecule has 4 heterocycles. The first kappa shape index (κ1) is 61.7. The summed E-state index contributed by atoms with van der Waals surface area (Å²) >= 11 is 0. The maximum Gasteiger partial charge on any atom is 0.411 e. The van der Waals surface area contributed by atoms with Gasteiger partial charge in [0.25, 0.3) is 47.3 Å². The Hall–Kier alpha value is -11.9. The Kier molecular flexibility index (Phi) is 16.5. The summed E-state index contributed by atoms with van der Waals surface area (Å²) in [7, 11) is 0. The molecule has 460 valence electrons. The normalized spacial score (nSPS) is 14.9. The van der Waals surface area contributed by atoms with Crippen molar-refractivity contribution in [3.8, 4) is 46.0 Å². The van der Waals surface area contributed by atoms with Crippen molar-refractivity contribution in [2.45, 2.75) is 37.0 Å². The van der Waals surface area contributed by atoms with Gasteiger partial charge in [0.1, 0.15) is 46.0 Å². The number of amides is 8. The number of hydrogen-bond acceptors (Lipinski definition) is 12. The average molecular weight is 1250 g/mol. The lowest BCUT2D eigenvalue weighted by Crippen LogP contribution is -2.54. The molecule has 22 heteroatoms. The van der Waals surface area contributed by atoms with E-state index >= 15 is 0 Å². The molecule has 4 aliphatic heterocycles. The minimum absolute atomic E-state index is 0.0748. The van der Waals surface area contributed by atoms with Crippen LogP contribution in [0.1, 0.15) is 36.1 Å². The van der Waals surface area contributed by atoms with E-state index in [2.05, 4.69) is 13.8 Å². The predicted octanol–water partition coefficient (Wildman–Crippen LogP) is 14.0. The topological polar surface area (TPSA) is 186 Å². The number of ether oxygens (including phenoxy) is 4. The highest BCUT2D eigenvalue weighted by atomic mass is 19.4. The van der Waals surface area contributed by atoms with E-state index in [0.29, 0.717) is 58.6 Å². The molecule has 92 heavy (non-hydrogen) atoms. The molecule has 8 aromatic carbocycles. The molecule has 0 fully saturated rings. The van der Waals surface area contributed by atoms with Crippen molar-refractivity contribution in [3.63, 3.8) is 0 Å². The molecule has 0 atom stereocenters. The summed E-state index contributed by atoms with van der Waals surface area (Å²) in [5.74, 6) is -1.01. The zero-order valence-electron chi connectivity index (χ0n) is 48.0. The first-order valence-electron chi connectivity index (χ1n) is 27.8. The van der Waals surface area contributed by atoms with Crippen LogP contribution in [0.4, 0.5) is 49.1 Å². The molecule has 0 spiro atoms. The number of benzene rings is 8. The second kappa shape index (κ2) is 24.6. The number of carbonyl (C=O) groups is 8. The molecule has 8 amide bonds. The summed E-state index contributed by atoms with van der Waals surface area (Å²) in [5, 5.41) is 0. The average Bonchev–Trinajstić information content (AvgIpc) is 0.876. The van der Waals surface area contributed by atoms with Crippen molar-refractivity contribution in [2.24, 2.45) is 0 Å². The van der Waals surface area contributed by atoms with Gasteiger partial charge in [0.05, 0.1) is 22.7 Å². The Morgan fingerprint density at radius 1 is 0.239 bits per heavy atom. The second-order valence-electron chi connectivity index (χ2n) is 21.2. The third-order valence-electron chi connectivity index (χ3n) is 15.1. The molecule has 8 aromatic rings. The van der Waals surface area contributed by atoms with E-state index in [4.69, 9.17) is 18.9 Å². The maximum atomic E-state index is 14.7. The molecular weight excluding hydrogens is 1200 g/mol.